The molecule has 1 fully saturated rings. The topological polar surface area (TPSA) is 77.2 Å². The van der Waals surface area contributed by atoms with Crippen LogP contribution in [0, 0.1) is 0 Å². The minimum absolute atomic E-state index is 0.0741. The van der Waals surface area contributed by atoms with Gasteiger partial charge in [-0.3, -0.25) is 0 Å². The summed E-state index contributed by atoms with van der Waals surface area (Å²) in [5, 5.41) is 18.6. The molecule has 2 atom stereocenters. The number of aromatic carboxylic acids is 1. The fraction of sp³-hybridized carbons (Fsp3) is 0.583. The fourth-order valence-corrected chi connectivity index (χ4v) is 2.35. The van der Waals surface area contributed by atoms with Crippen LogP contribution in [-0.2, 0) is 0 Å². The molecule has 2 unspecified atom stereocenters. The fourth-order valence-electron chi connectivity index (χ4n) is 2.35. The van der Waals surface area contributed by atoms with E-state index in [0.29, 0.717) is 18.8 Å². The SMILES string of the molecule is CN(C)CC1CC(O)CN1c1ccc(C(=O)O)o1. The van der Waals surface area contributed by atoms with Gasteiger partial charge in [-0.1, -0.05) is 0 Å². The molecule has 1 aliphatic heterocycles. The third-order valence-corrected chi connectivity index (χ3v) is 3.05. The number of hydrogen-bond donors (Lipinski definition) is 2. The average molecular weight is 254 g/mol. The second-order valence-electron chi connectivity index (χ2n) is 4.90. The predicted octanol–water partition coefficient (Wildman–Crippen LogP) is 0.479. The smallest absolute Gasteiger partial charge is 0.371 e. The van der Waals surface area contributed by atoms with Crippen molar-refractivity contribution in [2.45, 2.75) is 18.6 Å². The van der Waals surface area contributed by atoms with Gasteiger partial charge in [0.25, 0.3) is 0 Å². The van der Waals surface area contributed by atoms with Crippen molar-refractivity contribution in [3.8, 4) is 0 Å². The number of aliphatic hydroxyl groups excluding tert-OH is 1. The minimum atomic E-state index is -1.08. The van der Waals surface area contributed by atoms with E-state index in [4.69, 9.17) is 9.52 Å². The first kappa shape index (κ1) is 12.9. The van der Waals surface area contributed by atoms with E-state index in [9.17, 15) is 9.90 Å². The van der Waals surface area contributed by atoms with Crippen LogP contribution in [-0.4, -0.2) is 60.4 Å². The Hall–Kier alpha value is -1.53. The van der Waals surface area contributed by atoms with Crippen LogP contribution < -0.4 is 4.90 Å². The second-order valence-corrected chi connectivity index (χ2v) is 4.90. The summed E-state index contributed by atoms with van der Waals surface area (Å²) in [5.74, 6) is -0.643. The van der Waals surface area contributed by atoms with Gasteiger partial charge >= 0.3 is 5.97 Å². The molecule has 1 saturated heterocycles. The van der Waals surface area contributed by atoms with E-state index >= 15 is 0 Å². The first-order valence-electron chi connectivity index (χ1n) is 5.90. The molecular weight excluding hydrogens is 236 g/mol. The second kappa shape index (κ2) is 4.99. The normalized spacial score (nSPS) is 23.9. The Kier molecular flexibility index (Phi) is 3.58. The Morgan fingerprint density at radius 2 is 2.28 bits per heavy atom. The number of furan rings is 1. The number of carboxylic acids is 1. The quantitative estimate of drug-likeness (QED) is 0.813. The van der Waals surface area contributed by atoms with Crippen molar-refractivity contribution in [3.05, 3.63) is 17.9 Å². The van der Waals surface area contributed by atoms with E-state index < -0.39 is 12.1 Å². The lowest BCUT2D eigenvalue weighted by Crippen LogP contribution is -2.37. The summed E-state index contributed by atoms with van der Waals surface area (Å²) in [7, 11) is 3.93. The standard InChI is InChI=1S/C12H18N2O4/c1-13(2)6-8-5-9(15)7-14(8)11-4-3-10(18-11)12(16)17/h3-4,8-9,15H,5-7H2,1-2H3,(H,16,17). The number of anilines is 1. The zero-order valence-electron chi connectivity index (χ0n) is 10.5. The van der Waals surface area contributed by atoms with Gasteiger partial charge in [-0.2, -0.15) is 0 Å². The first-order chi connectivity index (χ1) is 8.47. The Balaban J connectivity index is 2.16. The zero-order chi connectivity index (χ0) is 13.3. The number of aliphatic hydroxyl groups is 1. The number of carboxylic acid groups (broad SMARTS) is 1. The highest BCUT2D eigenvalue weighted by Gasteiger charge is 2.33. The molecule has 0 amide bonds. The van der Waals surface area contributed by atoms with Gasteiger partial charge in [0, 0.05) is 25.2 Å². The van der Waals surface area contributed by atoms with E-state index in [0.717, 1.165) is 6.54 Å². The highest BCUT2D eigenvalue weighted by molar-refractivity contribution is 5.84. The third-order valence-electron chi connectivity index (χ3n) is 3.05. The summed E-state index contributed by atoms with van der Waals surface area (Å²) >= 11 is 0. The Morgan fingerprint density at radius 1 is 1.56 bits per heavy atom. The molecule has 0 aromatic carbocycles. The third kappa shape index (κ3) is 2.65. The molecule has 1 aliphatic rings. The maximum atomic E-state index is 10.8. The molecule has 0 bridgehead atoms. The van der Waals surface area contributed by atoms with Crippen molar-refractivity contribution in [1.29, 1.82) is 0 Å². The Labute approximate surface area is 105 Å². The molecule has 0 saturated carbocycles. The van der Waals surface area contributed by atoms with Gasteiger partial charge in [-0.25, -0.2) is 4.79 Å². The zero-order valence-corrected chi connectivity index (χ0v) is 10.5. The van der Waals surface area contributed by atoms with Crippen LogP contribution in [0.5, 0.6) is 0 Å². The number of likely N-dealkylation sites (N-methyl/N-ethyl adjacent to an activating group) is 1. The lowest BCUT2D eigenvalue weighted by Gasteiger charge is -2.26. The van der Waals surface area contributed by atoms with Crippen LogP contribution >= 0.6 is 0 Å². The highest BCUT2D eigenvalue weighted by atomic mass is 16.4. The van der Waals surface area contributed by atoms with Gasteiger partial charge in [-0.05, 0) is 26.6 Å². The maximum absolute atomic E-state index is 10.8. The molecule has 6 heteroatoms. The van der Waals surface area contributed by atoms with Crippen molar-refractivity contribution in [3.63, 3.8) is 0 Å². The van der Waals surface area contributed by atoms with E-state index in [1.54, 1.807) is 6.07 Å². The molecule has 2 heterocycles. The van der Waals surface area contributed by atoms with Crippen molar-refractivity contribution < 1.29 is 19.4 Å². The van der Waals surface area contributed by atoms with E-state index in [-0.39, 0.29) is 11.8 Å². The lowest BCUT2D eigenvalue weighted by molar-refractivity contribution is 0.0663. The van der Waals surface area contributed by atoms with Crippen molar-refractivity contribution in [2.75, 3.05) is 32.1 Å². The summed E-state index contributed by atoms with van der Waals surface area (Å²) < 4.78 is 5.29. The number of nitrogens with zero attached hydrogens (tertiary/aromatic N) is 2. The van der Waals surface area contributed by atoms with Gasteiger partial charge in [0.2, 0.25) is 5.76 Å². The highest BCUT2D eigenvalue weighted by Crippen LogP contribution is 2.28. The predicted molar refractivity (Wildman–Crippen MR) is 66.0 cm³/mol. The van der Waals surface area contributed by atoms with Gasteiger partial charge < -0.3 is 24.4 Å². The summed E-state index contributed by atoms with van der Waals surface area (Å²) in [5.41, 5.74) is 0. The first-order valence-corrected chi connectivity index (χ1v) is 5.90. The maximum Gasteiger partial charge on any atom is 0.371 e. The Morgan fingerprint density at radius 3 is 2.83 bits per heavy atom. The van der Waals surface area contributed by atoms with Crippen LogP contribution in [0.25, 0.3) is 0 Å². The molecule has 6 nitrogen and oxygen atoms in total. The molecular formula is C12H18N2O4. The van der Waals surface area contributed by atoms with E-state index in [1.807, 2.05) is 23.9 Å². The Bertz CT molecular complexity index is 429. The summed E-state index contributed by atoms with van der Waals surface area (Å²) in [6.45, 7) is 1.27. The van der Waals surface area contributed by atoms with Gasteiger partial charge in [0.05, 0.1) is 6.10 Å². The van der Waals surface area contributed by atoms with Gasteiger partial charge in [0.1, 0.15) is 0 Å². The van der Waals surface area contributed by atoms with Crippen LogP contribution in [0.4, 0.5) is 5.88 Å². The monoisotopic (exact) mass is 254 g/mol. The van der Waals surface area contributed by atoms with Crippen molar-refractivity contribution in [1.82, 2.24) is 4.90 Å². The molecule has 0 spiro atoms. The summed E-state index contributed by atoms with van der Waals surface area (Å²) in [4.78, 5) is 14.7. The summed E-state index contributed by atoms with van der Waals surface area (Å²) in [6.07, 6.45) is 0.273. The van der Waals surface area contributed by atoms with E-state index in [1.165, 1.54) is 6.07 Å². The van der Waals surface area contributed by atoms with Crippen LogP contribution in [0.2, 0.25) is 0 Å². The number of rotatable bonds is 4. The lowest BCUT2D eigenvalue weighted by atomic mass is 10.2. The van der Waals surface area contributed by atoms with E-state index in [2.05, 4.69) is 0 Å². The molecule has 18 heavy (non-hydrogen) atoms. The molecule has 0 radical (unpaired) electrons. The number of carbonyl (C=O) groups is 1. The molecule has 1 aromatic heterocycles. The minimum Gasteiger partial charge on any atom is -0.475 e. The van der Waals surface area contributed by atoms with Crippen molar-refractivity contribution >= 4 is 11.9 Å². The number of β-amino-alcohol motifs (C(OH)–C–C–N with tert-alkyl or cyclic N) is 1. The molecule has 100 valence electrons. The van der Waals surface area contributed by atoms with Crippen LogP contribution in [0.15, 0.2) is 16.5 Å². The van der Waals surface area contributed by atoms with Crippen LogP contribution in [0.1, 0.15) is 17.0 Å². The summed E-state index contributed by atoms with van der Waals surface area (Å²) in [6, 6.07) is 3.22. The molecule has 0 aliphatic carbocycles. The largest absolute Gasteiger partial charge is 0.475 e. The molecule has 2 N–H and O–H groups in total. The van der Waals surface area contributed by atoms with Crippen LogP contribution in [0.3, 0.4) is 0 Å². The number of hydrogen-bond acceptors (Lipinski definition) is 5. The average Bonchev–Trinajstić information content (AvgIpc) is 2.83. The van der Waals surface area contributed by atoms with Crippen molar-refractivity contribution in [2.24, 2.45) is 0 Å². The molecule has 2 rings (SSSR count). The van der Waals surface area contributed by atoms with Gasteiger partial charge in [-0.15, -0.1) is 0 Å². The molecule has 1 aromatic rings. The van der Waals surface area contributed by atoms with Gasteiger partial charge in [0.15, 0.2) is 5.88 Å².